The maximum absolute atomic E-state index is 13.9. The summed E-state index contributed by atoms with van der Waals surface area (Å²) in [7, 11) is 2.01. The van der Waals surface area contributed by atoms with Crippen LogP contribution in [0.25, 0.3) is 0 Å². The van der Waals surface area contributed by atoms with Gasteiger partial charge in [-0.3, -0.25) is 9.69 Å². The van der Waals surface area contributed by atoms with E-state index in [4.69, 9.17) is 4.99 Å². The van der Waals surface area contributed by atoms with Crippen molar-refractivity contribution in [3.63, 3.8) is 0 Å². The number of nitriles is 1. The average Bonchev–Trinajstić information content (AvgIpc) is 3.65. The van der Waals surface area contributed by atoms with Crippen LogP contribution >= 0.6 is 23.5 Å². The molecule has 37 heavy (non-hydrogen) atoms. The number of thioether (sulfide) groups is 2. The molecule has 2 saturated heterocycles. The van der Waals surface area contributed by atoms with Crippen molar-refractivity contribution in [1.82, 2.24) is 4.90 Å². The van der Waals surface area contributed by atoms with Crippen LogP contribution in [-0.2, 0) is 11.3 Å². The minimum Gasteiger partial charge on any atom is -0.370 e. The number of carbonyl (C=O) groups excluding carboxylic acids is 1. The molecule has 184 valence electrons. The minimum atomic E-state index is -0.0473. The zero-order valence-corrected chi connectivity index (χ0v) is 22.1. The maximum atomic E-state index is 13.9. The summed E-state index contributed by atoms with van der Waals surface area (Å²) in [6.45, 7) is 2.37. The smallest absolute Gasteiger partial charge is 0.269 e. The standard InChI is InChI=1S/C29H25N5OS2/c1-32-24-11-5-6-12-25(24)36-28(32)26-27(35)34(19-20-9-3-2-4-10-20)29(37-26)31-22-17-21(18-30)13-14-23(22)33-15-7-8-16-33/h2-6,9-14,17H,7-8,15-16,19H2,1H3. The van der Waals surface area contributed by atoms with Gasteiger partial charge < -0.3 is 9.80 Å². The molecule has 3 heterocycles. The van der Waals surface area contributed by atoms with Gasteiger partial charge in [0.15, 0.2) is 5.17 Å². The Bertz CT molecular complexity index is 1470. The number of anilines is 2. The fourth-order valence-electron chi connectivity index (χ4n) is 4.84. The molecule has 0 unspecified atom stereocenters. The molecule has 3 aromatic rings. The SMILES string of the molecule is CN1C(=C2SC(=Nc3cc(C#N)ccc3N3CCCC3)N(Cc3ccccc3)C2=O)Sc2ccccc21. The Hall–Kier alpha value is -3.67. The van der Waals surface area contributed by atoms with Gasteiger partial charge >= 0.3 is 0 Å². The summed E-state index contributed by atoms with van der Waals surface area (Å²) < 4.78 is 0. The molecule has 3 aromatic carbocycles. The fourth-order valence-corrected chi connectivity index (χ4v) is 7.17. The van der Waals surface area contributed by atoms with Crippen LogP contribution in [0, 0.1) is 11.3 Å². The van der Waals surface area contributed by atoms with E-state index in [1.807, 2.05) is 67.7 Å². The van der Waals surface area contributed by atoms with Crippen LogP contribution < -0.4 is 9.80 Å². The average molecular weight is 524 g/mol. The lowest BCUT2D eigenvalue weighted by molar-refractivity contribution is -0.122. The van der Waals surface area contributed by atoms with Crippen molar-refractivity contribution in [3.8, 4) is 6.07 Å². The molecule has 6 rings (SSSR count). The molecular weight excluding hydrogens is 498 g/mol. The summed E-state index contributed by atoms with van der Waals surface area (Å²) in [5.74, 6) is -0.0473. The van der Waals surface area contributed by atoms with E-state index in [9.17, 15) is 10.1 Å². The second-order valence-electron chi connectivity index (χ2n) is 9.15. The molecule has 0 aromatic heterocycles. The van der Waals surface area contributed by atoms with Gasteiger partial charge in [0.05, 0.1) is 40.3 Å². The van der Waals surface area contributed by atoms with E-state index in [-0.39, 0.29) is 5.91 Å². The van der Waals surface area contributed by atoms with Crippen LogP contribution in [0.1, 0.15) is 24.0 Å². The summed E-state index contributed by atoms with van der Waals surface area (Å²) in [5, 5.41) is 11.1. The molecule has 1 amide bonds. The Balaban J connectivity index is 1.44. The van der Waals surface area contributed by atoms with Gasteiger partial charge in [-0.2, -0.15) is 5.26 Å². The molecule has 0 saturated carbocycles. The molecule has 0 radical (unpaired) electrons. The highest BCUT2D eigenvalue weighted by molar-refractivity contribution is 8.19. The summed E-state index contributed by atoms with van der Waals surface area (Å²) in [4.78, 5) is 27.0. The zero-order chi connectivity index (χ0) is 25.4. The Labute approximate surface area is 225 Å². The van der Waals surface area contributed by atoms with Gasteiger partial charge in [0, 0.05) is 25.0 Å². The first kappa shape index (κ1) is 23.7. The molecular formula is C29H25N5OS2. The van der Waals surface area contributed by atoms with E-state index < -0.39 is 0 Å². The van der Waals surface area contributed by atoms with E-state index in [1.165, 1.54) is 11.8 Å². The number of amides is 1. The number of hydrogen-bond donors (Lipinski definition) is 0. The van der Waals surface area contributed by atoms with E-state index in [0.29, 0.717) is 22.2 Å². The Morgan fingerprint density at radius 2 is 1.70 bits per heavy atom. The van der Waals surface area contributed by atoms with Crippen LogP contribution in [0.2, 0.25) is 0 Å². The van der Waals surface area contributed by atoms with Crippen LogP contribution in [0.15, 0.2) is 92.6 Å². The van der Waals surface area contributed by atoms with Crippen LogP contribution in [0.5, 0.6) is 0 Å². The second-order valence-corrected chi connectivity index (χ2v) is 11.2. The lowest BCUT2D eigenvalue weighted by Gasteiger charge is -2.21. The van der Waals surface area contributed by atoms with Gasteiger partial charge in [-0.15, -0.1) is 0 Å². The monoisotopic (exact) mass is 523 g/mol. The Morgan fingerprint density at radius 1 is 0.946 bits per heavy atom. The van der Waals surface area contributed by atoms with Crippen LogP contribution in [-0.4, -0.2) is 36.1 Å². The van der Waals surface area contributed by atoms with Crippen molar-refractivity contribution in [2.45, 2.75) is 24.3 Å². The third-order valence-corrected chi connectivity index (χ3v) is 9.18. The van der Waals surface area contributed by atoms with Gasteiger partial charge in [0.2, 0.25) is 0 Å². The molecule has 0 atom stereocenters. The van der Waals surface area contributed by atoms with E-state index in [0.717, 1.165) is 58.5 Å². The number of fused-ring (bicyclic) bond motifs is 1. The highest BCUT2D eigenvalue weighted by atomic mass is 32.2. The molecule has 0 bridgehead atoms. The van der Waals surface area contributed by atoms with Gasteiger partial charge in [0.25, 0.3) is 5.91 Å². The third kappa shape index (κ3) is 4.50. The molecule has 0 N–H and O–H groups in total. The largest absolute Gasteiger partial charge is 0.370 e. The minimum absolute atomic E-state index is 0.0473. The summed E-state index contributed by atoms with van der Waals surface area (Å²) in [6.07, 6.45) is 2.29. The Morgan fingerprint density at radius 3 is 2.46 bits per heavy atom. The molecule has 8 heteroatoms. The number of benzene rings is 3. The summed E-state index contributed by atoms with van der Waals surface area (Å²) >= 11 is 3.04. The van der Waals surface area contributed by atoms with Crippen molar-refractivity contribution < 1.29 is 4.79 Å². The highest BCUT2D eigenvalue weighted by Crippen LogP contribution is 2.50. The quantitative estimate of drug-likeness (QED) is 0.372. The molecule has 3 aliphatic rings. The summed E-state index contributed by atoms with van der Waals surface area (Å²) in [5.41, 5.74) is 4.44. The van der Waals surface area contributed by atoms with Crippen molar-refractivity contribution >= 4 is 51.7 Å². The number of para-hydroxylation sites is 1. The topological polar surface area (TPSA) is 62.9 Å². The number of amidine groups is 1. The lowest BCUT2D eigenvalue weighted by atomic mass is 10.1. The molecule has 2 fully saturated rings. The Kier molecular flexibility index (Phi) is 6.41. The van der Waals surface area contributed by atoms with E-state index in [1.54, 1.807) is 16.7 Å². The predicted octanol–water partition coefficient (Wildman–Crippen LogP) is 6.33. The number of aliphatic imine (C=N–C) groups is 1. The molecule has 3 aliphatic heterocycles. The van der Waals surface area contributed by atoms with Gasteiger partial charge in [0.1, 0.15) is 4.91 Å². The fraction of sp³-hybridized carbons (Fsp3) is 0.207. The third-order valence-electron chi connectivity index (χ3n) is 6.75. The maximum Gasteiger partial charge on any atom is 0.269 e. The van der Waals surface area contributed by atoms with Gasteiger partial charge in [-0.1, -0.05) is 54.2 Å². The second kappa shape index (κ2) is 10.0. The lowest BCUT2D eigenvalue weighted by Crippen LogP contribution is -2.29. The first-order chi connectivity index (χ1) is 18.1. The molecule has 6 nitrogen and oxygen atoms in total. The number of carbonyl (C=O) groups is 1. The predicted molar refractivity (Wildman–Crippen MR) is 152 cm³/mol. The van der Waals surface area contributed by atoms with Gasteiger partial charge in [-0.25, -0.2) is 4.99 Å². The van der Waals surface area contributed by atoms with Crippen LogP contribution in [0.3, 0.4) is 0 Å². The van der Waals surface area contributed by atoms with E-state index in [2.05, 4.69) is 28.0 Å². The normalized spacial score (nSPS) is 20.2. The number of rotatable bonds is 4. The molecule has 0 aliphatic carbocycles. The van der Waals surface area contributed by atoms with E-state index >= 15 is 0 Å². The van der Waals surface area contributed by atoms with Crippen molar-refractivity contribution in [3.05, 3.63) is 93.9 Å². The van der Waals surface area contributed by atoms with Crippen molar-refractivity contribution in [1.29, 1.82) is 5.26 Å². The van der Waals surface area contributed by atoms with Gasteiger partial charge in [-0.05, 0) is 60.5 Å². The van der Waals surface area contributed by atoms with Crippen molar-refractivity contribution in [2.75, 3.05) is 29.9 Å². The number of hydrogen-bond acceptors (Lipinski definition) is 7. The van der Waals surface area contributed by atoms with Crippen LogP contribution in [0.4, 0.5) is 17.1 Å². The summed E-state index contributed by atoms with van der Waals surface area (Å²) in [6, 6.07) is 26.1. The van der Waals surface area contributed by atoms with Crippen molar-refractivity contribution in [2.24, 2.45) is 4.99 Å². The molecule has 0 spiro atoms. The first-order valence-electron chi connectivity index (χ1n) is 12.3. The number of nitrogens with zero attached hydrogens (tertiary/aromatic N) is 5. The zero-order valence-electron chi connectivity index (χ0n) is 20.4. The first-order valence-corrected chi connectivity index (χ1v) is 13.9. The highest BCUT2D eigenvalue weighted by Gasteiger charge is 2.39.